The highest BCUT2D eigenvalue weighted by molar-refractivity contribution is 9.10. The van der Waals surface area contributed by atoms with E-state index in [0.717, 1.165) is 26.7 Å². The number of halogens is 1. The van der Waals surface area contributed by atoms with Gasteiger partial charge >= 0.3 is 0 Å². The minimum atomic E-state index is -0.996. The molecule has 0 fully saturated rings. The lowest BCUT2D eigenvalue weighted by atomic mass is 10.0. The van der Waals surface area contributed by atoms with Gasteiger partial charge in [0.25, 0.3) is 0 Å². The Morgan fingerprint density at radius 1 is 1.17 bits per heavy atom. The molecule has 0 unspecified atom stereocenters. The second-order valence-electron chi connectivity index (χ2n) is 6.07. The van der Waals surface area contributed by atoms with Crippen LogP contribution in [0.5, 0.6) is 5.75 Å². The lowest BCUT2D eigenvalue weighted by molar-refractivity contribution is 0.0746. The zero-order chi connectivity index (χ0) is 16.6. The van der Waals surface area contributed by atoms with E-state index in [2.05, 4.69) is 21.0 Å². The molecule has 0 radical (unpaired) electrons. The standard InChI is InChI=1S/C18H19BrN2O2/c1-18(2,22)17-15-10-13(19)6-9-16(15)21(20-17)11-12-4-7-14(23-3)8-5-12/h4-10,22H,11H2,1-3H3. The summed E-state index contributed by atoms with van der Waals surface area (Å²) in [5, 5.41) is 16.0. The first-order chi connectivity index (χ1) is 10.9. The topological polar surface area (TPSA) is 47.3 Å². The molecule has 3 aromatic rings. The van der Waals surface area contributed by atoms with Crippen LogP contribution >= 0.6 is 15.9 Å². The van der Waals surface area contributed by atoms with Crippen LogP contribution in [0.25, 0.3) is 10.9 Å². The van der Waals surface area contributed by atoms with Crippen molar-refractivity contribution in [3.63, 3.8) is 0 Å². The summed E-state index contributed by atoms with van der Waals surface area (Å²) in [5.41, 5.74) is 1.81. The van der Waals surface area contributed by atoms with E-state index in [9.17, 15) is 5.11 Å². The summed E-state index contributed by atoms with van der Waals surface area (Å²) in [6.45, 7) is 4.15. The van der Waals surface area contributed by atoms with Crippen LogP contribution in [0.15, 0.2) is 46.9 Å². The first-order valence-electron chi connectivity index (χ1n) is 7.40. The molecule has 5 heteroatoms. The molecule has 1 heterocycles. The molecule has 0 amide bonds. The van der Waals surface area contributed by atoms with Gasteiger partial charge in [0.2, 0.25) is 0 Å². The third-order valence-electron chi connectivity index (χ3n) is 3.78. The molecule has 1 N–H and O–H groups in total. The number of benzene rings is 2. The molecule has 120 valence electrons. The van der Waals surface area contributed by atoms with Crippen LogP contribution in [0.1, 0.15) is 25.1 Å². The van der Waals surface area contributed by atoms with Gasteiger partial charge in [-0.05, 0) is 49.7 Å². The van der Waals surface area contributed by atoms with Gasteiger partial charge < -0.3 is 9.84 Å². The number of hydrogen-bond donors (Lipinski definition) is 1. The molecular formula is C18H19BrN2O2. The maximum absolute atomic E-state index is 10.4. The van der Waals surface area contributed by atoms with E-state index in [1.54, 1.807) is 21.0 Å². The maximum atomic E-state index is 10.4. The predicted octanol–water partition coefficient (Wildman–Crippen LogP) is 4.08. The number of hydrogen-bond acceptors (Lipinski definition) is 3. The van der Waals surface area contributed by atoms with Gasteiger partial charge in [0.1, 0.15) is 17.0 Å². The molecule has 0 spiro atoms. The monoisotopic (exact) mass is 374 g/mol. The fourth-order valence-electron chi connectivity index (χ4n) is 2.63. The van der Waals surface area contributed by atoms with Gasteiger partial charge in [-0.3, -0.25) is 4.68 Å². The number of fused-ring (bicyclic) bond motifs is 1. The Morgan fingerprint density at radius 3 is 2.48 bits per heavy atom. The number of aromatic nitrogens is 2. The van der Waals surface area contributed by atoms with E-state index in [4.69, 9.17) is 4.74 Å². The van der Waals surface area contributed by atoms with Crippen LogP contribution in [-0.2, 0) is 12.1 Å². The van der Waals surface area contributed by atoms with Crippen molar-refractivity contribution in [2.45, 2.75) is 26.0 Å². The molecule has 0 saturated carbocycles. The van der Waals surface area contributed by atoms with Crippen molar-refractivity contribution in [2.75, 3.05) is 7.11 Å². The van der Waals surface area contributed by atoms with E-state index in [-0.39, 0.29) is 0 Å². The summed E-state index contributed by atoms with van der Waals surface area (Å²) in [4.78, 5) is 0. The summed E-state index contributed by atoms with van der Waals surface area (Å²) < 4.78 is 8.09. The molecule has 0 saturated heterocycles. The Bertz CT molecular complexity index is 833. The van der Waals surface area contributed by atoms with Gasteiger partial charge in [0.15, 0.2) is 0 Å². The molecule has 3 rings (SSSR count). The number of ether oxygens (including phenoxy) is 1. The van der Waals surface area contributed by atoms with Crippen molar-refractivity contribution in [1.29, 1.82) is 0 Å². The fourth-order valence-corrected chi connectivity index (χ4v) is 2.99. The van der Waals surface area contributed by atoms with Crippen LogP contribution in [0, 0.1) is 0 Å². The molecule has 23 heavy (non-hydrogen) atoms. The van der Waals surface area contributed by atoms with E-state index < -0.39 is 5.60 Å². The zero-order valence-corrected chi connectivity index (χ0v) is 15.0. The van der Waals surface area contributed by atoms with Crippen molar-refractivity contribution < 1.29 is 9.84 Å². The predicted molar refractivity (Wildman–Crippen MR) is 94.8 cm³/mol. The van der Waals surface area contributed by atoms with Crippen LogP contribution in [0.3, 0.4) is 0 Å². The zero-order valence-electron chi connectivity index (χ0n) is 13.4. The molecule has 0 aliphatic rings. The lowest BCUT2D eigenvalue weighted by Gasteiger charge is -2.14. The van der Waals surface area contributed by atoms with Crippen LogP contribution < -0.4 is 4.74 Å². The summed E-state index contributed by atoms with van der Waals surface area (Å²) in [6.07, 6.45) is 0. The minimum Gasteiger partial charge on any atom is -0.497 e. The lowest BCUT2D eigenvalue weighted by Crippen LogP contribution is -2.17. The number of nitrogens with zero attached hydrogens (tertiary/aromatic N) is 2. The van der Waals surface area contributed by atoms with E-state index in [1.807, 2.05) is 47.1 Å². The van der Waals surface area contributed by atoms with Gasteiger partial charge in [-0.1, -0.05) is 28.1 Å². The number of aliphatic hydroxyl groups is 1. The highest BCUT2D eigenvalue weighted by Gasteiger charge is 2.24. The summed E-state index contributed by atoms with van der Waals surface area (Å²) in [7, 11) is 1.66. The largest absolute Gasteiger partial charge is 0.497 e. The van der Waals surface area contributed by atoms with Crippen LogP contribution in [0.4, 0.5) is 0 Å². The fraction of sp³-hybridized carbons (Fsp3) is 0.278. The van der Waals surface area contributed by atoms with Gasteiger partial charge in [0.05, 0.1) is 19.2 Å². The van der Waals surface area contributed by atoms with E-state index in [0.29, 0.717) is 12.2 Å². The number of rotatable bonds is 4. The maximum Gasteiger partial charge on any atom is 0.118 e. The van der Waals surface area contributed by atoms with Crippen molar-refractivity contribution in [3.05, 3.63) is 58.2 Å². The molecule has 0 atom stereocenters. The third kappa shape index (κ3) is 3.26. The average molecular weight is 375 g/mol. The molecule has 4 nitrogen and oxygen atoms in total. The summed E-state index contributed by atoms with van der Waals surface area (Å²) in [5.74, 6) is 0.834. The SMILES string of the molecule is COc1ccc(Cn2nc(C(C)(C)O)c3cc(Br)ccc32)cc1. The average Bonchev–Trinajstić information content (AvgIpc) is 2.86. The Kier molecular flexibility index (Phi) is 4.17. The van der Waals surface area contributed by atoms with Crippen molar-refractivity contribution in [3.8, 4) is 5.75 Å². The molecular weight excluding hydrogens is 356 g/mol. The molecule has 0 aliphatic heterocycles. The third-order valence-corrected chi connectivity index (χ3v) is 4.28. The normalized spacial score (nSPS) is 11.9. The summed E-state index contributed by atoms with van der Waals surface area (Å²) in [6, 6.07) is 13.9. The van der Waals surface area contributed by atoms with Gasteiger partial charge in [0, 0.05) is 9.86 Å². The minimum absolute atomic E-state index is 0.637. The van der Waals surface area contributed by atoms with Crippen LogP contribution in [0.2, 0.25) is 0 Å². The quantitative estimate of drug-likeness (QED) is 0.748. The van der Waals surface area contributed by atoms with Gasteiger partial charge in [-0.15, -0.1) is 0 Å². The van der Waals surface area contributed by atoms with Gasteiger partial charge in [-0.25, -0.2) is 0 Å². The van der Waals surface area contributed by atoms with E-state index >= 15 is 0 Å². The second-order valence-corrected chi connectivity index (χ2v) is 6.99. The first kappa shape index (κ1) is 16.0. The Hall–Kier alpha value is -1.85. The van der Waals surface area contributed by atoms with Crippen LogP contribution in [-0.4, -0.2) is 22.0 Å². The highest BCUT2D eigenvalue weighted by Crippen LogP contribution is 2.30. The smallest absolute Gasteiger partial charge is 0.118 e. The molecule has 1 aromatic heterocycles. The molecule has 0 bridgehead atoms. The summed E-state index contributed by atoms with van der Waals surface area (Å²) >= 11 is 3.49. The Labute approximate surface area is 143 Å². The Morgan fingerprint density at radius 2 is 1.87 bits per heavy atom. The van der Waals surface area contributed by atoms with Crippen molar-refractivity contribution in [1.82, 2.24) is 9.78 Å². The van der Waals surface area contributed by atoms with Crippen molar-refractivity contribution >= 4 is 26.8 Å². The number of methoxy groups -OCH3 is 1. The van der Waals surface area contributed by atoms with E-state index in [1.165, 1.54) is 0 Å². The van der Waals surface area contributed by atoms with Gasteiger partial charge in [-0.2, -0.15) is 5.10 Å². The molecule has 0 aliphatic carbocycles. The molecule has 2 aromatic carbocycles. The second kappa shape index (κ2) is 5.98. The van der Waals surface area contributed by atoms with Crippen molar-refractivity contribution in [2.24, 2.45) is 0 Å². The first-order valence-corrected chi connectivity index (χ1v) is 8.19. The highest BCUT2D eigenvalue weighted by atomic mass is 79.9. The Balaban J connectivity index is 2.06.